The number of carbonyl (C=O) groups excluding carboxylic acids is 1. The summed E-state index contributed by atoms with van der Waals surface area (Å²) in [5, 5.41) is 4.51. The molecule has 3 heterocycles. The second kappa shape index (κ2) is 6.76. The molecule has 26 heavy (non-hydrogen) atoms. The highest BCUT2D eigenvalue weighted by molar-refractivity contribution is 6.32. The van der Waals surface area contributed by atoms with E-state index in [0.717, 1.165) is 11.3 Å². The predicted molar refractivity (Wildman–Crippen MR) is 95.2 cm³/mol. The molecule has 1 amide bonds. The van der Waals surface area contributed by atoms with Gasteiger partial charge in [-0.3, -0.25) is 9.78 Å². The molecule has 4 rings (SSSR count). The van der Waals surface area contributed by atoms with Crippen LogP contribution in [-0.4, -0.2) is 34.7 Å². The molecule has 8 heteroatoms. The second-order valence-electron chi connectivity index (χ2n) is 5.92. The second-order valence-corrected chi connectivity index (χ2v) is 6.33. The van der Waals surface area contributed by atoms with E-state index in [2.05, 4.69) is 15.1 Å². The summed E-state index contributed by atoms with van der Waals surface area (Å²) in [6.45, 7) is 0.469. The number of amides is 1. The van der Waals surface area contributed by atoms with Crippen molar-refractivity contribution in [2.75, 3.05) is 18.6 Å². The Morgan fingerprint density at radius 3 is 2.81 bits per heavy atom. The normalized spacial score (nSPS) is 16.9. The summed E-state index contributed by atoms with van der Waals surface area (Å²) in [6.07, 6.45) is 3.64. The Hall–Kier alpha value is -2.93. The van der Waals surface area contributed by atoms with Crippen molar-refractivity contribution in [1.29, 1.82) is 0 Å². The number of methoxy groups -OCH3 is 1. The van der Waals surface area contributed by atoms with Gasteiger partial charge in [-0.25, -0.2) is 0 Å². The van der Waals surface area contributed by atoms with Gasteiger partial charge in [0.05, 0.1) is 12.1 Å². The maximum Gasteiger partial charge on any atom is 0.258 e. The summed E-state index contributed by atoms with van der Waals surface area (Å²) in [6, 6.07) is 8.86. The van der Waals surface area contributed by atoms with Crippen LogP contribution in [-0.2, 0) is 4.79 Å². The van der Waals surface area contributed by atoms with Crippen LogP contribution >= 0.6 is 11.6 Å². The standard InChI is InChI=1S/C18H15ClN4O3/c1-25-15-3-2-13(9-14(15)19)23-10-12(8-16(23)24)17-21-18(26-22-17)11-4-6-20-7-5-11/h2-7,9,12H,8,10H2,1H3. The zero-order valence-corrected chi connectivity index (χ0v) is 14.7. The highest BCUT2D eigenvalue weighted by atomic mass is 35.5. The zero-order chi connectivity index (χ0) is 18.1. The van der Waals surface area contributed by atoms with E-state index in [1.807, 2.05) is 6.07 Å². The van der Waals surface area contributed by atoms with Crippen molar-refractivity contribution in [3.63, 3.8) is 0 Å². The molecule has 0 saturated carbocycles. The molecule has 0 radical (unpaired) electrons. The van der Waals surface area contributed by atoms with Crippen LogP contribution in [0, 0.1) is 0 Å². The van der Waals surface area contributed by atoms with Crippen molar-refractivity contribution >= 4 is 23.2 Å². The van der Waals surface area contributed by atoms with Gasteiger partial charge in [0.15, 0.2) is 5.82 Å². The Labute approximate surface area is 154 Å². The number of carbonyl (C=O) groups is 1. The fraction of sp³-hybridized carbons (Fsp3) is 0.222. The van der Waals surface area contributed by atoms with Gasteiger partial charge in [-0.05, 0) is 30.3 Å². The SMILES string of the molecule is COc1ccc(N2CC(c3noc(-c4ccncc4)n3)CC2=O)cc1Cl. The van der Waals surface area contributed by atoms with E-state index in [1.165, 1.54) is 0 Å². The minimum Gasteiger partial charge on any atom is -0.495 e. The first kappa shape index (κ1) is 16.5. The van der Waals surface area contributed by atoms with Crippen LogP contribution in [0.4, 0.5) is 5.69 Å². The maximum absolute atomic E-state index is 12.5. The van der Waals surface area contributed by atoms with Gasteiger partial charge in [-0.15, -0.1) is 0 Å². The van der Waals surface area contributed by atoms with Crippen molar-refractivity contribution in [2.45, 2.75) is 12.3 Å². The van der Waals surface area contributed by atoms with Crippen molar-refractivity contribution in [2.24, 2.45) is 0 Å². The van der Waals surface area contributed by atoms with Crippen LogP contribution in [0.25, 0.3) is 11.5 Å². The van der Waals surface area contributed by atoms with E-state index >= 15 is 0 Å². The summed E-state index contributed by atoms with van der Waals surface area (Å²) >= 11 is 6.17. The van der Waals surface area contributed by atoms with E-state index in [4.69, 9.17) is 20.9 Å². The minimum absolute atomic E-state index is 0.00788. The van der Waals surface area contributed by atoms with Gasteiger partial charge < -0.3 is 14.2 Å². The number of anilines is 1. The number of halogens is 1. The highest BCUT2D eigenvalue weighted by Gasteiger charge is 2.34. The molecular formula is C18H15ClN4O3. The Kier molecular flexibility index (Phi) is 4.30. The molecule has 1 aliphatic heterocycles. The molecule has 1 unspecified atom stereocenters. The molecule has 1 fully saturated rings. The Morgan fingerprint density at radius 2 is 2.08 bits per heavy atom. The lowest BCUT2D eigenvalue weighted by atomic mass is 10.1. The summed E-state index contributed by atoms with van der Waals surface area (Å²) in [5.74, 6) is 1.36. The number of hydrogen-bond acceptors (Lipinski definition) is 6. The number of hydrogen-bond donors (Lipinski definition) is 0. The third-order valence-corrected chi connectivity index (χ3v) is 4.60. The third-order valence-electron chi connectivity index (χ3n) is 4.31. The van der Waals surface area contributed by atoms with Crippen LogP contribution in [0.2, 0.25) is 5.02 Å². The van der Waals surface area contributed by atoms with Crippen LogP contribution in [0.5, 0.6) is 5.75 Å². The van der Waals surface area contributed by atoms with Gasteiger partial charge in [-0.1, -0.05) is 16.8 Å². The van der Waals surface area contributed by atoms with Crippen molar-refractivity contribution < 1.29 is 14.1 Å². The average Bonchev–Trinajstić information content (AvgIpc) is 3.29. The Morgan fingerprint density at radius 1 is 1.27 bits per heavy atom. The maximum atomic E-state index is 12.5. The number of nitrogens with zero attached hydrogens (tertiary/aromatic N) is 4. The quantitative estimate of drug-likeness (QED) is 0.700. The van der Waals surface area contributed by atoms with Gasteiger partial charge >= 0.3 is 0 Å². The molecule has 0 bridgehead atoms. The third kappa shape index (κ3) is 3.01. The molecule has 7 nitrogen and oxygen atoms in total. The average molecular weight is 371 g/mol. The van der Waals surface area contributed by atoms with Crippen molar-refractivity contribution in [1.82, 2.24) is 15.1 Å². The molecule has 1 saturated heterocycles. The van der Waals surface area contributed by atoms with E-state index in [-0.39, 0.29) is 11.8 Å². The monoisotopic (exact) mass is 370 g/mol. The molecule has 1 aliphatic rings. The molecule has 3 aromatic rings. The fourth-order valence-electron chi connectivity index (χ4n) is 2.97. The smallest absolute Gasteiger partial charge is 0.258 e. The molecule has 0 aliphatic carbocycles. The number of pyridine rings is 1. The van der Waals surface area contributed by atoms with E-state index < -0.39 is 0 Å². The molecule has 2 aromatic heterocycles. The van der Waals surface area contributed by atoms with Gasteiger partial charge in [0.2, 0.25) is 5.91 Å². The lowest BCUT2D eigenvalue weighted by Crippen LogP contribution is -2.24. The number of aromatic nitrogens is 3. The minimum atomic E-state index is -0.136. The lowest BCUT2D eigenvalue weighted by molar-refractivity contribution is -0.117. The Bertz CT molecular complexity index is 945. The molecule has 1 atom stereocenters. The highest BCUT2D eigenvalue weighted by Crippen LogP contribution is 2.35. The summed E-state index contributed by atoms with van der Waals surface area (Å²) in [7, 11) is 1.55. The largest absolute Gasteiger partial charge is 0.495 e. The van der Waals surface area contributed by atoms with Crippen molar-refractivity contribution in [3.8, 4) is 17.2 Å². The predicted octanol–water partition coefficient (Wildman–Crippen LogP) is 3.31. The number of ether oxygens (including phenoxy) is 1. The number of benzene rings is 1. The van der Waals surface area contributed by atoms with Crippen LogP contribution in [0.3, 0.4) is 0 Å². The van der Waals surface area contributed by atoms with Gasteiger partial charge in [-0.2, -0.15) is 4.98 Å². The summed E-state index contributed by atoms with van der Waals surface area (Å²) in [5.41, 5.74) is 1.52. The summed E-state index contributed by atoms with van der Waals surface area (Å²) < 4.78 is 10.5. The van der Waals surface area contributed by atoms with E-state index in [1.54, 1.807) is 48.7 Å². The first-order chi connectivity index (χ1) is 12.7. The lowest BCUT2D eigenvalue weighted by Gasteiger charge is -2.17. The molecule has 0 N–H and O–H groups in total. The molecular weight excluding hydrogens is 356 g/mol. The zero-order valence-electron chi connectivity index (χ0n) is 13.9. The number of rotatable bonds is 4. The molecule has 0 spiro atoms. The van der Waals surface area contributed by atoms with E-state index in [0.29, 0.717) is 35.5 Å². The van der Waals surface area contributed by atoms with Crippen LogP contribution in [0.15, 0.2) is 47.2 Å². The summed E-state index contributed by atoms with van der Waals surface area (Å²) in [4.78, 5) is 22.5. The molecule has 1 aromatic carbocycles. The van der Waals surface area contributed by atoms with Crippen LogP contribution in [0.1, 0.15) is 18.2 Å². The Balaban J connectivity index is 1.55. The topological polar surface area (TPSA) is 81.3 Å². The molecule has 132 valence electrons. The first-order valence-corrected chi connectivity index (χ1v) is 8.41. The van der Waals surface area contributed by atoms with Gasteiger partial charge in [0.1, 0.15) is 5.75 Å². The van der Waals surface area contributed by atoms with Crippen molar-refractivity contribution in [3.05, 3.63) is 53.6 Å². The van der Waals surface area contributed by atoms with Gasteiger partial charge in [0, 0.05) is 42.5 Å². The first-order valence-electron chi connectivity index (χ1n) is 8.03. The van der Waals surface area contributed by atoms with E-state index in [9.17, 15) is 4.79 Å². The van der Waals surface area contributed by atoms with Gasteiger partial charge in [0.25, 0.3) is 5.89 Å². The fourth-order valence-corrected chi connectivity index (χ4v) is 3.22. The van der Waals surface area contributed by atoms with Crippen LogP contribution < -0.4 is 9.64 Å².